The zero-order valence-corrected chi connectivity index (χ0v) is 16.6. The molecule has 1 saturated heterocycles. The van der Waals surface area contributed by atoms with E-state index >= 15 is 0 Å². The van der Waals surface area contributed by atoms with Gasteiger partial charge in [0.15, 0.2) is 0 Å². The fourth-order valence-electron chi connectivity index (χ4n) is 3.57. The standard InChI is InChI=1S/C23H27N3O3/c1-2-29-21-11-4-3-8-18(21)12-13-22(27)25-19-9-5-7-17(15-19)16-26-14-6-10-20(26)23(24)28/h3-5,7-9,11-13,15,20H,2,6,10,14,16H2,1H3,(H2,24,28)(H,25,27)/b13-12+. The Balaban J connectivity index is 1.63. The maximum absolute atomic E-state index is 12.3. The number of anilines is 1. The summed E-state index contributed by atoms with van der Waals surface area (Å²) in [5, 5.41) is 2.89. The molecular formula is C23H27N3O3. The zero-order chi connectivity index (χ0) is 20.6. The molecule has 2 amide bonds. The lowest BCUT2D eigenvalue weighted by Gasteiger charge is -2.22. The van der Waals surface area contributed by atoms with Gasteiger partial charge in [-0.15, -0.1) is 0 Å². The maximum atomic E-state index is 12.3. The fourth-order valence-corrected chi connectivity index (χ4v) is 3.57. The number of nitrogens with one attached hydrogen (secondary N) is 1. The smallest absolute Gasteiger partial charge is 0.248 e. The van der Waals surface area contributed by atoms with Crippen molar-refractivity contribution in [1.29, 1.82) is 0 Å². The van der Waals surface area contributed by atoms with Crippen molar-refractivity contribution in [2.75, 3.05) is 18.5 Å². The summed E-state index contributed by atoms with van der Waals surface area (Å²) in [4.78, 5) is 26.0. The minimum absolute atomic E-state index is 0.207. The van der Waals surface area contributed by atoms with Crippen LogP contribution in [0.5, 0.6) is 5.75 Å². The highest BCUT2D eigenvalue weighted by Gasteiger charge is 2.28. The fraction of sp³-hybridized carbons (Fsp3) is 0.304. The second-order valence-electron chi connectivity index (χ2n) is 7.02. The van der Waals surface area contributed by atoms with E-state index in [-0.39, 0.29) is 17.9 Å². The number of carbonyl (C=O) groups is 2. The van der Waals surface area contributed by atoms with Crippen LogP contribution in [0.25, 0.3) is 6.08 Å². The number of carbonyl (C=O) groups excluding carboxylic acids is 2. The normalized spacial score (nSPS) is 16.8. The minimum Gasteiger partial charge on any atom is -0.493 e. The van der Waals surface area contributed by atoms with Gasteiger partial charge in [-0.3, -0.25) is 14.5 Å². The van der Waals surface area contributed by atoms with Crippen LogP contribution in [0.15, 0.2) is 54.6 Å². The van der Waals surface area contributed by atoms with Crippen LogP contribution in [0.4, 0.5) is 5.69 Å². The predicted octanol–water partition coefficient (Wildman–Crippen LogP) is 3.19. The molecule has 2 aromatic rings. The van der Waals surface area contributed by atoms with E-state index in [4.69, 9.17) is 10.5 Å². The Labute approximate surface area is 171 Å². The Kier molecular flexibility index (Phi) is 7.03. The van der Waals surface area contributed by atoms with Gasteiger partial charge in [0.25, 0.3) is 0 Å². The van der Waals surface area contributed by atoms with E-state index < -0.39 is 0 Å². The third kappa shape index (κ3) is 5.68. The molecule has 29 heavy (non-hydrogen) atoms. The second kappa shape index (κ2) is 9.89. The Morgan fingerprint density at radius 1 is 1.24 bits per heavy atom. The molecule has 1 unspecified atom stereocenters. The highest BCUT2D eigenvalue weighted by molar-refractivity contribution is 6.02. The van der Waals surface area contributed by atoms with Gasteiger partial charge in [0.2, 0.25) is 11.8 Å². The molecule has 0 radical (unpaired) electrons. The summed E-state index contributed by atoms with van der Waals surface area (Å²) in [7, 11) is 0. The molecule has 1 fully saturated rings. The Hall–Kier alpha value is -3.12. The number of primary amides is 1. The number of benzene rings is 2. The molecule has 6 nitrogen and oxygen atoms in total. The Morgan fingerprint density at radius 3 is 2.86 bits per heavy atom. The molecule has 1 aliphatic rings. The summed E-state index contributed by atoms with van der Waals surface area (Å²) in [6.07, 6.45) is 5.01. The van der Waals surface area contributed by atoms with E-state index in [9.17, 15) is 9.59 Å². The van der Waals surface area contributed by atoms with Gasteiger partial charge in [-0.2, -0.15) is 0 Å². The molecule has 0 aliphatic carbocycles. The van der Waals surface area contributed by atoms with E-state index in [1.54, 1.807) is 6.08 Å². The van der Waals surface area contributed by atoms with Crippen molar-refractivity contribution in [3.05, 3.63) is 65.7 Å². The summed E-state index contributed by atoms with van der Waals surface area (Å²) in [5.41, 5.74) is 8.09. The van der Waals surface area contributed by atoms with Gasteiger partial charge in [-0.05, 0) is 56.1 Å². The molecule has 3 N–H and O–H groups in total. The molecule has 0 aromatic heterocycles. The van der Waals surface area contributed by atoms with Gasteiger partial charge < -0.3 is 15.8 Å². The van der Waals surface area contributed by atoms with Crippen molar-refractivity contribution < 1.29 is 14.3 Å². The van der Waals surface area contributed by atoms with E-state index in [1.807, 2.05) is 55.5 Å². The Morgan fingerprint density at radius 2 is 2.07 bits per heavy atom. The lowest BCUT2D eigenvalue weighted by molar-refractivity contribution is -0.122. The van der Waals surface area contributed by atoms with Crippen LogP contribution in [0.1, 0.15) is 30.9 Å². The van der Waals surface area contributed by atoms with Crippen LogP contribution < -0.4 is 15.8 Å². The van der Waals surface area contributed by atoms with Crippen molar-refractivity contribution in [3.63, 3.8) is 0 Å². The number of hydrogen-bond acceptors (Lipinski definition) is 4. The average Bonchev–Trinajstić information content (AvgIpc) is 3.16. The van der Waals surface area contributed by atoms with Gasteiger partial charge in [-0.25, -0.2) is 0 Å². The number of nitrogens with zero attached hydrogens (tertiary/aromatic N) is 1. The highest BCUT2D eigenvalue weighted by Crippen LogP contribution is 2.22. The number of likely N-dealkylation sites (tertiary alicyclic amines) is 1. The Bertz CT molecular complexity index is 894. The molecule has 0 saturated carbocycles. The van der Waals surface area contributed by atoms with Crippen molar-refractivity contribution >= 4 is 23.6 Å². The van der Waals surface area contributed by atoms with Crippen LogP contribution in [0.3, 0.4) is 0 Å². The van der Waals surface area contributed by atoms with Gasteiger partial charge in [0, 0.05) is 23.9 Å². The second-order valence-corrected chi connectivity index (χ2v) is 7.02. The summed E-state index contributed by atoms with van der Waals surface area (Å²) < 4.78 is 5.57. The number of para-hydroxylation sites is 1. The predicted molar refractivity (Wildman–Crippen MR) is 114 cm³/mol. The van der Waals surface area contributed by atoms with Crippen LogP contribution in [-0.4, -0.2) is 35.9 Å². The number of ether oxygens (including phenoxy) is 1. The maximum Gasteiger partial charge on any atom is 0.248 e. The lowest BCUT2D eigenvalue weighted by atomic mass is 10.1. The van der Waals surface area contributed by atoms with Crippen LogP contribution in [0.2, 0.25) is 0 Å². The first kappa shape index (κ1) is 20.6. The lowest BCUT2D eigenvalue weighted by Crippen LogP contribution is -2.39. The molecule has 0 bridgehead atoms. The summed E-state index contributed by atoms with van der Waals surface area (Å²) in [5.74, 6) is 0.254. The third-order valence-electron chi connectivity index (χ3n) is 4.91. The first-order valence-corrected chi connectivity index (χ1v) is 9.90. The molecule has 1 aliphatic heterocycles. The molecule has 6 heteroatoms. The molecular weight excluding hydrogens is 366 g/mol. The molecule has 1 heterocycles. The van der Waals surface area contributed by atoms with E-state index in [0.717, 1.165) is 36.3 Å². The SMILES string of the molecule is CCOc1ccccc1/C=C/C(=O)Nc1cccc(CN2CCCC2C(N)=O)c1. The number of amides is 2. The summed E-state index contributed by atoms with van der Waals surface area (Å²) >= 11 is 0. The molecule has 152 valence electrons. The third-order valence-corrected chi connectivity index (χ3v) is 4.91. The van der Waals surface area contributed by atoms with Crippen LogP contribution in [-0.2, 0) is 16.1 Å². The molecule has 0 spiro atoms. The van der Waals surface area contributed by atoms with E-state index in [2.05, 4.69) is 10.2 Å². The number of nitrogens with two attached hydrogens (primary N) is 1. The number of hydrogen-bond donors (Lipinski definition) is 2. The molecule has 3 rings (SSSR count). The average molecular weight is 393 g/mol. The van der Waals surface area contributed by atoms with Crippen molar-refractivity contribution in [2.45, 2.75) is 32.4 Å². The van der Waals surface area contributed by atoms with Gasteiger partial charge in [-0.1, -0.05) is 30.3 Å². The van der Waals surface area contributed by atoms with Crippen LogP contribution in [0, 0.1) is 0 Å². The number of rotatable bonds is 8. The minimum atomic E-state index is -0.274. The largest absolute Gasteiger partial charge is 0.493 e. The quantitative estimate of drug-likeness (QED) is 0.675. The van der Waals surface area contributed by atoms with Crippen molar-refractivity contribution in [2.24, 2.45) is 5.73 Å². The van der Waals surface area contributed by atoms with Gasteiger partial charge in [0.1, 0.15) is 5.75 Å². The van der Waals surface area contributed by atoms with Crippen molar-refractivity contribution in [1.82, 2.24) is 4.90 Å². The summed E-state index contributed by atoms with van der Waals surface area (Å²) in [6, 6.07) is 15.0. The van der Waals surface area contributed by atoms with Crippen molar-refractivity contribution in [3.8, 4) is 5.75 Å². The monoisotopic (exact) mass is 393 g/mol. The zero-order valence-electron chi connectivity index (χ0n) is 16.6. The van der Waals surface area contributed by atoms with E-state index in [0.29, 0.717) is 18.8 Å². The highest BCUT2D eigenvalue weighted by atomic mass is 16.5. The first-order chi connectivity index (χ1) is 14.1. The summed E-state index contributed by atoms with van der Waals surface area (Å²) in [6.45, 7) is 3.98. The first-order valence-electron chi connectivity index (χ1n) is 9.90. The molecule has 2 aromatic carbocycles. The van der Waals surface area contributed by atoms with E-state index in [1.165, 1.54) is 6.08 Å². The topological polar surface area (TPSA) is 84.7 Å². The van der Waals surface area contributed by atoms with Crippen LogP contribution >= 0.6 is 0 Å². The van der Waals surface area contributed by atoms with Gasteiger partial charge >= 0.3 is 0 Å². The molecule has 1 atom stereocenters. The van der Waals surface area contributed by atoms with Gasteiger partial charge in [0.05, 0.1) is 12.6 Å².